The number of H-pyrrole nitrogens is 1. The molecule has 2 fully saturated rings. The average molecular weight is 425 g/mol. The van der Waals surface area contributed by atoms with Crippen LogP contribution in [0.5, 0.6) is 0 Å². The lowest BCUT2D eigenvalue weighted by molar-refractivity contribution is 0.613. The van der Waals surface area contributed by atoms with E-state index in [1.54, 1.807) is 0 Å². The Morgan fingerprint density at radius 3 is 2.31 bits per heavy atom. The van der Waals surface area contributed by atoms with Gasteiger partial charge in [0.05, 0.1) is 17.9 Å². The molecule has 6 rings (SSSR count). The van der Waals surface area contributed by atoms with Gasteiger partial charge in [-0.1, -0.05) is 37.1 Å². The van der Waals surface area contributed by atoms with Gasteiger partial charge in [-0.2, -0.15) is 0 Å². The molecule has 0 unspecified atom stereocenters. The molecule has 1 atom stereocenters. The van der Waals surface area contributed by atoms with Gasteiger partial charge in [0.2, 0.25) is 0 Å². The average Bonchev–Trinajstić information content (AvgIpc) is 3.66. The highest BCUT2D eigenvalue weighted by Gasteiger charge is 2.24. The number of benzene rings is 1. The Bertz CT molecular complexity index is 1140. The van der Waals surface area contributed by atoms with Crippen LogP contribution >= 0.6 is 0 Å². The van der Waals surface area contributed by atoms with E-state index in [4.69, 9.17) is 4.99 Å². The first kappa shape index (κ1) is 19.6. The first-order valence-electron chi connectivity index (χ1n) is 11.8. The zero-order valence-electron chi connectivity index (χ0n) is 18.2. The predicted octanol–water partition coefficient (Wildman–Crippen LogP) is 5.33. The van der Waals surface area contributed by atoms with Crippen LogP contribution in [0.25, 0.3) is 28.2 Å². The minimum absolute atomic E-state index is 0.351. The number of hydrogen-bond donors (Lipinski definition) is 2. The summed E-state index contributed by atoms with van der Waals surface area (Å²) in [5, 5.41) is 3.49. The SMILES string of the molecule is C1=C(c2cnc(-c3ccc(-c4cnc([C@@H]5CCCN5)[nH]4)cc3)nc2)CC(C2CCCC2)=N1. The van der Waals surface area contributed by atoms with Crippen molar-refractivity contribution in [3.8, 4) is 22.6 Å². The fourth-order valence-corrected chi connectivity index (χ4v) is 5.15. The summed E-state index contributed by atoms with van der Waals surface area (Å²) in [4.78, 5) is 22.0. The van der Waals surface area contributed by atoms with Gasteiger partial charge in [0.1, 0.15) is 5.82 Å². The van der Waals surface area contributed by atoms with E-state index < -0.39 is 0 Å². The fraction of sp³-hybridized carbons (Fsp3) is 0.385. The smallest absolute Gasteiger partial charge is 0.159 e. The van der Waals surface area contributed by atoms with Gasteiger partial charge < -0.3 is 10.3 Å². The molecule has 32 heavy (non-hydrogen) atoms. The summed E-state index contributed by atoms with van der Waals surface area (Å²) in [5.74, 6) is 2.46. The number of aromatic amines is 1. The fourth-order valence-electron chi connectivity index (χ4n) is 5.15. The van der Waals surface area contributed by atoms with Crippen molar-refractivity contribution in [2.24, 2.45) is 10.9 Å². The van der Waals surface area contributed by atoms with Crippen molar-refractivity contribution in [1.82, 2.24) is 25.3 Å². The summed E-state index contributed by atoms with van der Waals surface area (Å²) in [6.45, 7) is 1.07. The molecule has 2 aliphatic heterocycles. The van der Waals surface area contributed by atoms with E-state index in [2.05, 4.69) is 49.5 Å². The Balaban J connectivity index is 1.13. The molecule has 2 aromatic heterocycles. The number of nitrogens with one attached hydrogen (secondary N) is 2. The van der Waals surface area contributed by atoms with E-state index in [-0.39, 0.29) is 0 Å². The normalized spacial score (nSPS) is 21.2. The van der Waals surface area contributed by atoms with Gasteiger partial charge in [0.25, 0.3) is 0 Å². The third kappa shape index (κ3) is 3.79. The summed E-state index contributed by atoms with van der Waals surface area (Å²) >= 11 is 0. The van der Waals surface area contributed by atoms with Gasteiger partial charge in [-0.25, -0.2) is 15.0 Å². The topological polar surface area (TPSA) is 78.9 Å². The molecule has 3 aliphatic rings. The maximum absolute atomic E-state index is 4.71. The summed E-state index contributed by atoms with van der Waals surface area (Å²) in [7, 11) is 0. The second-order valence-electron chi connectivity index (χ2n) is 9.14. The van der Waals surface area contributed by atoms with Crippen LogP contribution in [0.3, 0.4) is 0 Å². The number of aromatic nitrogens is 4. The number of nitrogens with zero attached hydrogens (tertiary/aromatic N) is 4. The van der Waals surface area contributed by atoms with Crippen LogP contribution in [0.1, 0.15) is 62.4 Å². The first-order valence-corrected chi connectivity index (χ1v) is 11.8. The van der Waals surface area contributed by atoms with Gasteiger partial charge in [-0.15, -0.1) is 0 Å². The molecular weight excluding hydrogens is 396 g/mol. The summed E-state index contributed by atoms with van der Waals surface area (Å²) in [6.07, 6.45) is 16.4. The number of rotatable bonds is 5. The Kier molecular flexibility index (Phi) is 5.15. The van der Waals surface area contributed by atoms with Crippen LogP contribution in [0, 0.1) is 5.92 Å². The zero-order valence-corrected chi connectivity index (χ0v) is 18.2. The third-order valence-corrected chi connectivity index (χ3v) is 7.05. The third-order valence-electron chi connectivity index (χ3n) is 7.05. The van der Waals surface area contributed by atoms with Crippen LogP contribution in [0.2, 0.25) is 0 Å². The number of aliphatic imine (C=N–C) groups is 1. The van der Waals surface area contributed by atoms with E-state index >= 15 is 0 Å². The molecule has 4 heterocycles. The van der Waals surface area contributed by atoms with E-state index in [1.165, 1.54) is 43.4 Å². The standard InChI is InChI=1S/C26H28N6/c1-2-5-17(4-1)23-12-20(13-28-23)21-14-29-25(30-15-21)19-9-7-18(8-10-19)24-16-31-26(32-24)22-6-3-11-27-22/h7-10,13-17,22,27H,1-6,11-12H2,(H,31,32)/t22-/m0/s1. The van der Waals surface area contributed by atoms with E-state index in [0.717, 1.165) is 53.4 Å². The lowest BCUT2D eigenvalue weighted by Gasteiger charge is -2.10. The maximum Gasteiger partial charge on any atom is 0.159 e. The van der Waals surface area contributed by atoms with Crippen molar-refractivity contribution in [3.63, 3.8) is 0 Å². The molecule has 0 radical (unpaired) electrons. The molecule has 1 saturated carbocycles. The van der Waals surface area contributed by atoms with Crippen molar-refractivity contribution in [1.29, 1.82) is 0 Å². The second-order valence-corrected chi connectivity index (χ2v) is 9.14. The number of imidazole rings is 1. The first-order chi connectivity index (χ1) is 15.8. The van der Waals surface area contributed by atoms with Crippen molar-refractivity contribution in [2.75, 3.05) is 6.54 Å². The molecule has 2 N–H and O–H groups in total. The van der Waals surface area contributed by atoms with E-state index in [9.17, 15) is 0 Å². The van der Waals surface area contributed by atoms with Gasteiger partial charge in [0.15, 0.2) is 5.82 Å². The molecule has 0 spiro atoms. The predicted molar refractivity (Wildman–Crippen MR) is 127 cm³/mol. The van der Waals surface area contributed by atoms with Crippen LogP contribution in [-0.2, 0) is 0 Å². The van der Waals surface area contributed by atoms with Crippen LogP contribution in [-0.4, -0.2) is 32.2 Å². The zero-order chi connectivity index (χ0) is 21.3. The van der Waals surface area contributed by atoms with E-state index in [1.807, 2.05) is 24.8 Å². The highest BCUT2D eigenvalue weighted by Crippen LogP contribution is 2.33. The Morgan fingerprint density at radius 2 is 1.56 bits per heavy atom. The minimum Gasteiger partial charge on any atom is -0.341 e. The lowest BCUT2D eigenvalue weighted by atomic mass is 9.95. The molecular formula is C26H28N6. The van der Waals surface area contributed by atoms with Crippen molar-refractivity contribution in [2.45, 2.75) is 51.0 Å². The molecule has 6 heteroatoms. The molecule has 0 amide bonds. The van der Waals surface area contributed by atoms with E-state index in [0.29, 0.717) is 12.0 Å². The largest absolute Gasteiger partial charge is 0.341 e. The molecule has 1 aliphatic carbocycles. The minimum atomic E-state index is 0.351. The Hall–Kier alpha value is -3.12. The Morgan fingerprint density at radius 1 is 0.781 bits per heavy atom. The number of allylic oxidation sites excluding steroid dienone is 1. The van der Waals surface area contributed by atoms with Crippen LogP contribution in [0.15, 0.2) is 54.0 Å². The van der Waals surface area contributed by atoms with Gasteiger partial charge >= 0.3 is 0 Å². The van der Waals surface area contributed by atoms with Crippen LogP contribution in [0.4, 0.5) is 0 Å². The molecule has 1 saturated heterocycles. The number of hydrogen-bond acceptors (Lipinski definition) is 5. The van der Waals surface area contributed by atoms with Crippen molar-refractivity contribution >= 4 is 11.3 Å². The van der Waals surface area contributed by atoms with Crippen molar-refractivity contribution < 1.29 is 0 Å². The van der Waals surface area contributed by atoms with Crippen molar-refractivity contribution in [3.05, 3.63) is 60.4 Å². The highest BCUT2D eigenvalue weighted by molar-refractivity contribution is 5.99. The Labute approximate surface area is 188 Å². The molecule has 3 aromatic rings. The molecule has 162 valence electrons. The summed E-state index contributed by atoms with van der Waals surface area (Å²) in [5.41, 5.74) is 6.84. The molecule has 0 bridgehead atoms. The van der Waals surface area contributed by atoms with Gasteiger partial charge in [-0.05, 0) is 49.3 Å². The highest BCUT2D eigenvalue weighted by atomic mass is 15.0. The van der Waals surface area contributed by atoms with Gasteiger partial charge in [-0.3, -0.25) is 4.99 Å². The van der Waals surface area contributed by atoms with Gasteiger partial charge in [0, 0.05) is 41.9 Å². The molecule has 6 nitrogen and oxygen atoms in total. The second kappa shape index (κ2) is 8.43. The van der Waals surface area contributed by atoms with Crippen LogP contribution < -0.4 is 5.32 Å². The summed E-state index contributed by atoms with van der Waals surface area (Å²) < 4.78 is 0. The molecule has 1 aromatic carbocycles. The quantitative estimate of drug-likeness (QED) is 0.580. The maximum atomic E-state index is 4.71. The lowest BCUT2D eigenvalue weighted by Crippen LogP contribution is -2.14. The summed E-state index contributed by atoms with van der Waals surface area (Å²) in [6, 6.07) is 8.72. The monoisotopic (exact) mass is 424 g/mol.